The molecular weight excluding hydrogens is 189 g/mol. The maximum absolute atomic E-state index is 11.1. The van der Waals surface area contributed by atoms with Gasteiger partial charge in [0.2, 0.25) is 0 Å². The summed E-state index contributed by atoms with van der Waals surface area (Å²) >= 11 is 2.40. The van der Waals surface area contributed by atoms with Crippen molar-refractivity contribution in [1.29, 1.82) is 0 Å². The van der Waals surface area contributed by atoms with Crippen LogP contribution in [-0.2, 0) is 3.83 Å². The van der Waals surface area contributed by atoms with Crippen molar-refractivity contribution in [2.75, 3.05) is 6.61 Å². The Kier molecular flexibility index (Phi) is 3.39. The van der Waals surface area contributed by atoms with Crippen molar-refractivity contribution < 1.29 is 17.0 Å². The fourth-order valence-electron chi connectivity index (χ4n) is 0.154. The lowest BCUT2D eigenvalue weighted by atomic mass is 10.5. The summed E-state index contributed by atoms with van der Waals surface area (Å²) in [6.07, 6.45) is -5.01. The Morgan fingerprint density at radius 2 is 1.88 bits per heavy atom. The van der Waals surface area contributed by atoms with Gasteiger partial charge in [0.05, 0.1) is 29.3 Å². The molecule has 0 aliphatic rings. The molecule has 0 aromatic rings. The van der Waals surface area contributed by atoms with Crippen LogP contribution in [0.5, 0.6) is 0 Å². The van der Waals surface area contributed by atoms with E-state index in [1.165, 1.54) is 0 Å². The van der Waals surface area contributed by atoms with E-state index >= 15 is 0 Å². The van der Waals surface area contributed by atoms with Crippen LogP contribution < -0.4 is 0 Å². The van der Waals surface area contributed by atoms with Gasteiger partial charge in [-0.25, -0.2) is 0 Å². The number of alkyl halides is 3. The molecule has 0 aromatic heterocycles. The molecule has 8 heavy (non-hydrogen) atoms. The molecule has 0 aromatic carbocycles. The van der Waals surface area contributed by atoms with Gasteiger partial charge in [0.1, 0.15) is 0 Å². The molecule has 0 spiro atoms. The van der Waals surface area contributed by atoms with E-state index in [4.69, 9.17) is 0 Å². The lowest BCUT2D eigenvalue weighted by molar-refractivity contribution is -0.138. The smallest absolute Gasteiger partial charge is 0.308 e. The van der Waals surface area contributed by atoms with E-state index in [0.717, 1.165) is 0 Å². The summed E-state index contributed by atoms with van der Waals surface area (Å²) in [4.78, 5) is 0. The third-order valence-electron chi connectivity index (χ3n) is 0.463. The van der Waals surface area contributed by atoms with E-state index in [-0.39, 0.29) is 6.61 Å². The van der Waals surface area contributed by atoms with Crippen LogP contribution in [0.2, 0.25) is 0 Å². The molecule has 0 unspecified atom stereocenters. The van der Waals surface area contributed by atoms with Gasteiger partial charge in [-0.15, -0.1) is 0 Å². The second-order valence-corrected chi connectivity index (χ2v) is 1.64. The van der Waals surface area contributed by atoms with Gasteiger partial charge < -0.3 is 3.83 Å². The van der Waals surface area contributed by atoms with Crippen molar-refractivity contribution >= 4 is 16.3 Å². The molecule has 0 heterocycles. The minimum Gasteiger partial charge on any atom is -0.308 e. The Balaban J connectivity index is 3.11. The molecular formula is C3H4BrF3O. The zero-order valence-corrected chi connectivity index (χ0v) is 5.42. The molecule has 50 valence electrons. The molecule has 0 bridgehead atoms. The zero-order chi connectivity index (χ0) is 6.62. The Bertz CT molecular complexity index is 62.0. The second-order valence-electron chi connectivity index (χ2n) is 1.18. The Morgan fingerprint density at radius 1 is 1.38 bits per heavy atom. The highest BCUT2D eigenvalue weighted by Crippen LogP contribution is 2.19. The summed E-state index contributed by atoms with van der Waals surface area (Å²) in [7, 11) is 0. The zero-order valence-electron chi connectivity index (χ0n) is 3.83. The highest BCUT2D eigenvalue weighted by molar-refractivity contribution is 9.06. The predicted molar refractivity (Wildman–Crippen MR) is 25.6 cm³/mol. The van der Waals surface area contributed by atoms with Crippen LogP contribution in [0.15, 0.2) is 0 Å². The summed E-state index contributed by atoms with van der Waals surface area (Å²) < 4.78 is 37.4. The van der Waals surface area contributed by atoms with Gasteiger partial charge in [0.15, 0.2) is 0 Å². The first-order valence-electron chi connectivity index (χ1n) is 1.86. The quantitative estimate of drug-likeness (QED) is 0.653. The SMILES string of the molecule is FC(F)(F)CCOBr. The third-order valence-corrected chi connectivity index (χ3v) is 0.786. The summed E-state index contributed by atoms with van der Waals surface area (Å²) in [5, 5.41) is 0. The van der Waals surface area contributed by atoms with Gasteiger partial charge in [0.25, 0.3) is 0 Å². The molecule has 0 saturated heterocycles. The minimum absolute atomic E-state index is 0.330. The average molecular weight is 193 g/mol. The van der Waals surface area contributed by atoms with Gasteiger partial charge in [0, 0.05) is 0 Å². The molecule has 1 nitrogen and oxygen atoms in total. The van der Waals surface area contributed by atoms with E-state index in [9.17, 15) is 13.2 Å². The lowest BCUT2D eigenvalue weighted by Gasteiger charge is -2.01. The molecule has 0 amide bonds. The van der Waals surface area contributed by atoms with E-state index in [1.807, 2.05) is 0 Å². The maximum atomic E-state index is 11.1. The first kappa shape index (κ1) is 8.23. The monoisotopic (exact) mass is 192 g/mol. The molecule has 0 aliphatic heterocycles. The van der Waals surface area contributed by atoms with E-state index in [1.54, 1.807) is 0 Å². The lowest BCUT2D eigenvalue weighted by Crippen LogP contribution is -2.09. The Hall–Kier alpha value is 0.230. The molecule has 0 aliphatic carbocycles. The van der Waals surface area contributed by atoms with Crippen molar-refractivity contribution in [3.8, 4) is 0 Å². The summed E-state index contributed by atoms with van der Waals surface area (Å²) in [6.45, 7) is -0.330. The van der Waals surface area contributed by atoms with E-state index in [2.05, 4.69) is 20.1 Å². The second kappa shape index (κ2) is 3.29. The van der Waals surface area contributed by atoms with Crippen LogP contribution in [0.25, 0.3) is 0 Å². The minimum atomic E-state index is -4.10. The van der Waals surface area contributed by atoms with Gasteiger partial charge in [-0.1, -0.05) is 0 Å². The summed E-state index contributed by atoms with van der Waals surface area (Å²) in [6, 6.07) is 0. The van der Waals surface area contributed by atoms with Crippen LogP contribution in [0, 0.1) is 0 Å². The maximum Gasteiger partial charge on any atom is 0.391 e. The molecule has 0 radical (unpaired) electrons. The Morgan fingerprint density at radius 3 is 2.00 bits per heavy atom. The van der Waals surface area contributed by atoms with Crippen LogP contribution in [0.1, 0.15) is 6.42 Å². The number of rotatable bonds is 2. The van der Waals surface area contributed by atoms with Crippen LogP contribution in [0.4, 0.5) is 13.2 Å². The van der Waals surface area contributed by atoms with Crippen molar-refractivity contribution in [2.24, 2.45) is 0 Å². The van der Waals surface area contributed by atoms with Gasteiger partial charge in [-0.3, -0.25) is 0 Å². The van der Waals surface area contributed by atoms with E-state index in [0.29, 0.717) is 0 Å². The highest BCUT2D eigenvalue weighted by atomic mass is 79.9. The number of hydrogen-bond acceptors (Lipinski definition) is 1. The van der Waals surface area contributed by atoms with Gasteiger partial charge in [-0.2, -0.15) is 13.2 Å². The molecule has 0 saturated carbocycles. The molecule has 0 rings (SSSR count). The first-order valence-corrected chi connectivity index (χ1v) is 2.51. The summed E-state index contributed by atoms with van der Waals surface area (Å²) in [5.74, 6) is 0. The molecule has 5 heteroatoms. The first-order chi connectivity index (χ1) is 3.56. The van der Waals surface area contributed by atoms with Crippen LogP contribution in [-0.4, -0.2) is 12.8 Å². The number of halogens is 4. The normalized spacial score (nSPS) is 12.0. The van der Waals surface area contributed by atoms with Crippen LogP contribution in [0.3, 0.4) is 0 Å². The van der Waals surface area contributed by atoms with Gasteiger partial charge >= 0.3 is 6.18 Å². The predicted octanol–water partition coefficient (Wildman–Crippen LogP) is 2.27. The largest absolute Gasteiger partial charge is 0.391 e. The molecule has 0 atom stereocenters. The Labute approximate surface area is 53.3 Å². The number of hydrogen-bond donors (Lipinski definition) is 0. The summed E-state index contributed by atoms with van der Waals surface area (Å²) in [5.41, 5.74) is 0. The molecule has 0 N–H and O–H groups in total. The van der Waals surface area contributed by atoms with Crippen molar-refractivity contribution in [2.45, 2.75) is 12.6 Å². The van der Waals surface area contributed by atoms with Crippen molar-refractivity contribution in [3.05, 3.63) is 0 Å². The highest BCUT2D eigenvalue weighted by Gasteiger charge is 2.26. The third kappa shape index (κ3) is 6.23. The van der Waals surface area contributed by atoms with E-state index < -0.39 is 12.6 Å². The van der Waals surface area contributed by atoms with Crippen LogP contribution >= 0.6 is 16.3 Å². The fourth-order valence-corrected chi connectivity index (χ4v) is 0.316. The standard InChI is InChI=1S/C3H4BrF3O/c4-8-2-1-3(5,6)7/h1-2H2. The average Bonchev–Trinajstić information content (AvgIpc) is 1.59. The molecule has 0 fully saturated rings. The topological polar surface area (TPSA) is 9.23 Å². The van der Waals surface area contributed by atoms with Gasteiger partial charge in [-0.05, 0) is 0 Å². The van der Waals surface area contributed by atoms with Crippen molar-refractivity contribution in [3.63, 3.8) is 0 Å². The van der Waals surface area contributed by atoms with Crippen molar-refractivity contribution in [1.82, 2.24) is 0 Å². The fraction of sp³-hybridized carbons (Fsp3) is 1.00.